The lowest BCUT2D eigenvalue weighted by molar-refractivity contribution is 0.0185. The number of nitrogens with zero attached hydrogens (tertiary/aromatic N) is 6. The third-order valence-corrected chi connectivity index (χ3v) is 11.4. The van der Waals surface area contributed by atoms with Crippen molar-refractivity contribution in [1.29, 1.82) is 0 Å². The van der Waals surface area contributed by atoms with Crippen LogP contribution in [0.3, 0.4) is 0 Å². The largest absolute Gasteiger partial charge is 0.444 e. The minimum Gasteiger partial charge on any atom is -0.444 e. The fraction of sp³-hybridized carbons (Fsp3) is 0.353. The van der Waals surface area contributed by atoms with Gasteiger partial charge in [0.25, 0.3) is 0 Å². The van der Waals surface area contributed by atoms with E-state index < -0.39 is 11.2 Å². The fourth-order valence-corrected chi connectivity index (χ4v) is 8.16. The fourth-order valence-electron chi connectivity index (χ4n) is 8.16. The number of nitrogen functional groups attached to an aromatic ring is 1. The van der Waals surface area contributed by atoms with Gasteiger partial charge in [0, 0.05) is 49.4 Å². The van der Waals surface area contributed by atoms with E-state index in [1.165, 1.54) is 21.5 Å². The zero-order chi connectivity index (χ0) is 44.3. The van der Waals surface area contributed by atoms with E-state index in [9.17, 15) is 9.59 Å². The van der Waals surface area contributed by atoms with E-state index in [4.69, 9.17) is 25.2 Å². The van der Waals surface area contributed by atoms with Gasteiger partial charge in [-0.3, -0.25) is 0 Å². The van der Waals surface area contributed by atoms with E-state index in [1.54, 1.807) is 9.80 Å². The second-order valence-electron chi connectivity index (χ2n) is 18.5. The molecule has 2 fully saturated rings. The molecule has 0 unspecified atom stereocenters. The average Bonchev–Trinajstić information content (AvgIpc) is 3.70. The van der Waals surface area contributed by atoms with E-state index in [1.807, 2.05) is 84.3 Å². The SMILES string of the molecule is CC(C)(C)OC(=O)N1CCC(Nc2nc(-c3ccc4ccccc4c3)ccc2N)CC1.CC(C)(C)OC(=O)N1CCC(n2cnc3ccc(-c4ccc5ccccc5c4)nc32)CC1. The number of rotatable bonds is 5. The number of anilines is 2. The van der Waals surface area contributed by atoms with Crippen LogP contribution < -0.4 is 11.1 Å². The summed E-state index contributed by atoms with van der Waals surface area (Å²) in [5.41, 5.74) is 11.6. The summed E-state index contributed by atoms with van der Waals surface area (Å²) in [4.78, 5) is 42.6. The molecule has 2 aliphatic rings. The van der Waals surface area contributed by atoms with Crippen molar-refractivity contribution in [3.8, 4) is 22.5 Å². The molecule has 2 aliphatic heterocycles. The van der Waals surface area contributed by atoms with E-state index in [0.29, 0.717) is 37.7 Å². The summed E-state index contributed by atoms with van der Waals surface area (Å²) in [6, 6.07) is 37.8. The second-order valence-corrected chi connectivity index (χ2v) is 18.5. The smallest absolute Gasteiger partial charge is 0.410 e. The average molecular weight is 847 g/mol. The maximum Gasteiger partial charge on any atom is 0.410 e. The molecule has 3 aromatic heterocycles. The van der Waals surface area contributed by atoms with E-state index in [2.05, 4.69) is 87.7 Å². The normalized spacial score (nSPS) is 15.3. The van der Waals surface area contributed by atoms with Gasteiger partial charge in [-0.25, -0.2) is 24.5 Å². The van der Waals surface area contributed by atoms with Gasteiger partial charge in [0.1, 0.15) is 22.5 Å². The lowest BCUT2D eigenvalue weighted by atomic mass is 10.0. The Morgan fingerprint density at radius 1 is 0.619 bits per heavy atom. The standard InChI is InChI=1S/C26H28N4O2.C25H30N4O2/c1-26(2,3)32-25(31)29-14-12-21(13-15-29)30-17-27-23-11-10-22(28-24(23)30)20-9-8-18-6-4-5-7-19(18)16-20;1-25(2,3)31-24(30)29-14-12-20(13-15-29)27-23-21(26)10-11-22(28-23)19-9-8-17-6-4-5-7-18(17)16-19/h4-11,16-17,21H,12-15H2,1-3H3;4-11,16,20H,12-15,26H2,1-3H3,(H,27,28). The number of carbonyl (C=O) groups is 2. The Hall–Kier alpha value is -6.69. The van der Waals surface area contributed by atoms with Crippen molar-refractivity contribution in [3.63, 3.8) is 0 Å². The lowest BCUT2D eigenvalue weighted by Gasteiger charge is -2.34. The highest BCUT2D eigenvalue weighted by Crippen LogP contribution is 2.31. The summed E-state index contributed by atoms with van der Waals surface area (Å²) in [7, 11) is 0. The molecule has 326 valence electrons. The van der Waals surface area contributed by atoms with Gasteiger partial charge in [-0.05, 0) is 125 Å². The molecule has 2 saturated heterocycles. The molecule has 12 nitrogen and oxygen atoms in total. The third kappa shape index (κ3) is 10.5. The highest BCUT2D eigenvalue weighted by Gasteiger charge is 2.29. The maximum atomic E-state index is 12.4. The molecule has 9 rings (SSSR count). The number of pyridine rings is 2. The predicted molar refractivity (Wildman–Crippen MR) is 253 cm³/mol. The number of hydrogen-bond donors (Lipinski definition) is 2. The summed E-state index contributed by atoms with van der Waals surface area (Å²) in [5.74, 6) is 0.696. The summed E-state index contributed by atoms with van der Waals surface area (Å²) < 4.78 is 13.2. The molecule has 2 amide bonds. The van der Waals surface area contributed by atoms with E-state index in [-0.39, 0.29) is 24.3 Å². The van der Waals surface area contributed by atoms with Crippen molar-refractivity contribution in [2.75, 3.05) is 37.2 Å². The zero-order valence-electron chi connectivity index (χ0n) is 37.2. The molecule has 5 heterocycles. The number of piperidine rings is 2. The number of amides is 2. The van der Waals surface area contributed by atoms with E-state index >= 15 is 0 Å². The number of imidazole rings is 1. The first-order chi connectivity index (χ1) is 30.2. The molecule has 63 heavy (non-hydrogen) atoms. The molecule has 0 saturated carbocycles. The van der Waals surface area contributed by atoms with Gasteiger partial charge in [-0.15, -0.1) is 0 Å². The number of fused-ring (bicyclic) bond motifs is 3. The topological polar surface area (TPSA) is 141 Å². The maximum absolute atomic E-state index is 12.4. The Bertz CT molecular complexity index is 2740. The van der Waals surface area contributed by atoms with Crippen LogP contribution in [-0.2, 0) is 9.47 Å². The molecule has 4 aromatic carbocycles. The van der Waals surface area contributed by atoms with Crippen LogP contribution in [-0.4, -0.2) is 84.9 Å². The quantitative estimate of drug-likeness (QED) is 0.173. The zero-order valence-corrected chi connectivity index (χ0v) is 37.2. The molecule has 0 spiro atoms. The highest BCUT2D eigenvalue weighted by atomic mass is 16.6. The van der Waals surface area contributed by atoms with Gasteiger partial charge in [-0.1, -0.05) is 72.8 Å². The van der Waals surface area contributed by atoms with Crippen LogP contribution >= 0.6 is 0 Å². The van der Waals surface area contributed by atoms with Crippen molar-refractivity contribution in [2.24, 2.45) is 0 Å². The molecule has 0 radical (unpaired) electrons. The number of benzene rings is 4. The first-order valence-electron chi connectivity index (χ1n) is 22.0. The van der Waals surface area contributed by atoms with Crippen LogP contribution in [0.25, 0.3) is 55.2 Å². The predicted octanol–water partition coefficient (Wildman–Crippen LogP) is 11.1. The van der Waals surface area contributed by atoms with Crippen LogP contribution in [0.5, 0.6) is 0 Å². The van der Waals surface area contributed by atoms with Crippen molar-refractivity contribution < 1.29 is 19.1 Å². The Labute approximate surface area is 369 Å². The molecule has 0 bridgehead atoms. The Balaban J connectivity index is 0.000000173. The van der Waals surface area contributed by atoms with Gasteiger partial charge in [-0.2, -0.15) is 0 Å². The summed E-state index contributed by atoms with van der Waals surface area (Å²) in [5, 5.41) is 8.30. The number of ether oxygens (including phenoxy) is 2. The van der Waals surface area contributed by atoms with Crippen molar-refractivity contribution >= 4 is 56.4 Å². The van der Waals surface area contributed by atoms with Gasteiger partial charge in [0.2, 0.25) is 0 Å². The van der Waals surface area contributed by atoms with E-state index in [0.717, 1.165) is 59.4 Å². The number of nitrogens with two attached hydrogens (primary N) is 1. The summed E-state index contributed by atoms with van der Waals surface area (Å²) in [6.45, 7) is 14.0. The molecule has 7 aromatic rings. The van der Waals surface area contributed by atoms with Crippen molar-refractivity contribution in [3.05, 3.63) is 116 Å². The third-order valence-electron chi connectivity index (χ3n) is 11.4. The number of nitrogens with one attached hydrogen (secondary N) is 1. The molecule has 0 aliphatic carbocycles. The first-order valence-corrected chi connectivity index (χ1v) is 22.0. The number of carbonyl (C=O) groups excluding carboxylic acids is 2. The molecular formula is C51H58N8O4. The highest BCUT2D eigenvalue weighted by molar-refractivity contribution is 5.88. The van der Waals surface area contributed by atoms with Crippen LogP contribution in [0.15, 0.2) is 116 Å². The number of hydrogen-bond acceptors (Lipinski definition) is 9. The van der Waals surface area contributed by atoms with Gasteiger partial charge in [0.05, 0.1) is 23.4 Å². The Kier molecular flexibility index (Phi) is 12.3. The molecule has 12 heteroatoms. The van der Waals surface area contributed by atoms with Crippen LogP contribution in [0, 0.1) is 0 Å². The first kappa shape index (κ1) is 43.0. The minimum absolute atomic E-state index is 0.209. The molecule has 3 N–H and O–H groups in total. The van der Waals surface area contributed by atoms with Gasteiger partial charge >= 0.3 is 12.2 Å². The summed E-state index contributed by atoms with van der Waals surface area (Å²) >= 11 is 0. The van der Waals surface area contributed by atoms with Gasteiger partial charge in [0.15, 0.2) is 5.65 Å². The molecule has 0 atom stereocenters. The van der Waals surface area contributed by atoms with Crippen LogP contribution in [0.1, 0.15) is 73.3 Å². The van der Waals surface area contributed by atoms with Crippen molar-refractivity contribution in [1.82, 2.24) is 29.3 Å². The monoisotopic (exact) mass is 846 g/mol. The van der Waals surface area contributed by atoms with Crippen LogP contribution in [0.4, 0.5) is 21.1 Å². The Morgan fingerprint density at radius 2 is 1.11 bits per heavy atom. The number of aromatic nitrogens is 4. The number of likely N-dealkylation sites (tertiary alicyclic amines) is 2. The minimum atomic E-state index is -0.478. The lowest BCUT2D eigenvalue weighted by Crippen LogP contribution is -2.44. The Morgan fingerprint density at radius 3 is 1.65 bits per heavy atom. The summed E-state index contributed by atoms with van der Waals surface area (Å²) in [6.07, 6.45) is 4.75. The molecular weight excluding hydrogens is 789 g/mol. The van der Waals surface area contributed by atoms with Gasteiger partial charge < -0.3 is 34.9 Å². The second kappa shape index (κ2) is 18.0. The van der Waals surface area contributed by atoms with Crippen molar-refractivity contribution in [2.45, 2.75) is 90.5 Å². The van der Waals surface area contributed by atoms with Crippen LogP contribution in [0.2, 0.25) is 0 Å².